The normalized spacial score (nSPS) is 14.6. The Balaban J connectivity index is 1.85. The Labute approximate surface area is 96.6 Å². The van der Waals surface area contributed by atoms with Crippen molar-refractivity contribution in [1.29, 1.82) is 0 Å². The Hall–Kier alpha value is -1.89. The fourth-order valence-electron chi connectivity index (χ4n) is 1.41. The first-order valence-corrected chi connectivity index (χ1v) is 5.50. The summed E-state index contributed by atoms with van der Waals surface area (Å²) >= 11 is 0. The fourth-order valence-corrected chi connectivity index (χ4v) is 1.41. The molecule has 0 spiro atoms. The van der Waals surface area contributed by atoms with Crippen molar-refractivity contribution in [3.63, 3.8) is 0 Å². The van der Waals surface area contributed by atoms with Crippen molar-refractivity contribution >= 4 is 5.91 Å². The highest BCUT2D eigenvalue weighted by Gasteiger charge is 2.19. The van der Waals surface area contributed by atoms with Crippen LogP contribution in [0.3, 0.4) is 0 Å². The lowest BCUT2D eigenvalue weighted by atomic mass is 10.3. The number of H-pyrrole nitrogens is 2. The summed E-state index contributed by atoms with van der Waals surface area (Å²) in [6, 6.07) is 0.586. The molecule has 4 N–H and O–H groups in total. The highest BCUT2D eigenvalue weighted by Crippen LogP contribution is 2.17. The van der Waals surface area contributed by atoms with Crippen LogP contribution >= 0.6 is 0 Å². The minimum Gasteiger partial charge on any atom is -0.351 e. The van der Waals surface area contributed by atoms with Gasteiger partial charge in [0.05, 0.1) is 0 Å². The van der Waals surface area contributed by atoms with Crippen molar-refractivity contribution in [3.8, 4) is 0 Å². The van der Waals surface area contributed by atoms with E-state index < -0.39 is 17.2 Å². The monoisotopic (exact) mass is 238 g/mol. The van der Waals surface area contributed by atoms with E-state index >= 15 is 0 Å². The topological polar surface area (TPSA) is 107 Å². The average molecular weight is 238 g/mol. The van der Waals surface area contributed by atoms with E-state index in [0.29, 0.717) is 19.1 Å². The third-order valence-electron chi connectivity index (χ3n) is 2.48. The van der Waals surface area contributed by atoms with Crippen LogP contribution in [0.4, 0.5) is 0 Å². The zero-order valence-corrected chi connectivity index (χ0v) is 9.21. The van der Waals surface area contributed by atoms with Crippen molar-refractivity contribution in [2.24, 2.45) is 0 Å². The zero-order valence-electron chi connectivity index (χ0n) is 9.21. The predicted octanol–water partition coefficient (Wildman–Crippen LogP) is -1.45. The summed E-state index contributed by atoms with van der Waals surface area (Å²) in [4.78, 5) is 37.8. The molecule has 1 aromatic rings. The van der Waals surface area contributed by atoms with Gasteiger partial charge in [-0.1, -0.05) is 0 Å². The van der Waals surface area contributed by atoms with Gasteiger partial charge in [0.1, 0.15) is 5.56 Å². The molecule has 0 atom stereocenters. The van der Waals surface area contributed by atoms with E-state index in [2.05, 4.69) is 15.6 Å². The van der Waals surface area contributed by atoms with Gasteiger partial charge in [-0.2, -0.15) is 0 Å². The van der Waals surface area contributed by atoms with Gasteiger partial charge in [-0.3, -0.25) is 14.6 Å². The van der Waals surface area contributed by atoms with E-state index in [1.165, 1.54) is 12.8 Å². The first-order chi connectivity index (χ1) is 8.16. The first-order valence-electron chi connectivity index (χ1n) is 5.50. The molecule has 0 radical (unpaired) electrons. The van der Waals surface area contributed by atoms with Crippen LogP contribution in [-0.4, -0.2) is 35.0 Å². The van der Waals surface area contributed by atoms with Gasteiger partial charge < -0.3 is 15.6 Å². The number of amides is 1. The summed E-state index contributed by atoms with van der Waals surface area (Å²) in [5, 5.41) is 5.83. The second-order valence-electron chi connectivity index (χ2n) is 3.97. The summed E-state index contributed by atoms with van der Waals surface area (Å²) in [6.45, 7) is 1.13. The van der Waals surface area contributed by atoms with Crippen molar-refractivity contribution < 1.29 is 4.79 Å². The Morgan fingerprint density at radius 2 is 2.12 bits per heavy atom. The number of hydrogen-bond acceptors (Lipinski definition) is 4. The second kappa shape index (κ2) is 4.96. The van der Waals surface area contributed by atoms with Gasteiger partial charge >= 0.3 is 5.69 Å². The van der Waals surface area contributed by atoms with E-state index in [4.69, 9.17) is 0 Å². The zero-order chi connectivity index (χ0) is 12.3. The van der Waals surface area contributed by atoms with Crippen molar-refractivity contribution in [2.45, 2.75) is 18.9 Å². The highest BCUT2D eigenvalue weighted by atomic mass is 16.2. The van der Waals surface area contributed by atoms with Crippen molar-refractivity contribution in [3.05, 3.63) is 32.6 Å². The molecule has 0 saturated heterocycles. The highest BCUT2D eigenvalue weighted by molar-refractivity contribution is 5.93. The summed E-state index contributed by atoms with van der Waals surface area (Å²) in [5.41, 5.74) is -1.39. The lowest BCUT2D eigenvalue weighted by Gasteiger charge is -2.04. The van der Waals surface area contributed by atoms with E-state index in [-0.39, 0.29) is 5.56 Å². The lowest BCUT2D eigenvalue weighted by molar-refractivity contribution is 0.0952. The largest absolute Gasteiger partial charge is 0.351 e. The van der Waals surface area contributed by atoms with Gasteiger partial charge in [0.25, 0.3) is 11.5 Å². The predicted molar refractivity (Wildman–Crippen MR) is 61.0 cm³/mol. The summed E-state index contributed by atoms with van der Waals surface area (Å²) in [5.74, 6) is -0.486. The molecule has 0 unspecified atom stereocenters. The molecular formula is C10H14N4O3. The molecule has 0 aliphatic heterocycles. The molecule has 92 valence electrons. The number of aromatic amines is 2. The minimum absolute atomic E-state index is 0.0870. The maximum atomic E-state index is 11.6. The van der Waals surface area contributed by atoms with Gasteiger partial charge in [-0.15, -0.1) is 0 Å². The number of carbonyl (C=O) groups is 1. The van der Waals surface area contributed by atoms with Crippen LogP contribution in [0.5, 0.6) is 0 Å². The standard InChI is InChI=1S/C10H14N4O3/c15-8(12-4-3-11-6-1-2-6)7-5-13-10(17)14-9(7)16/h5-6,11H,1-4H2,(H,12,15)(H2,13,14,16,17). The van der Waals surface area contributed by atoms with Gasteiger partial charge in [0.15, 0.2) is 0 Å². The van der Waals surface area contributed by atoms with Gasteiger partial charge in [0.2, 0.25) is 0 Å². The fraction of sp³-hybridized carbons (Fsp3) is 0.500. The molecule has 1 aliphatic rings. The molecular weight excluding hydrogens is 224 g/mol. The van der Waals surface area contributed by atoms with Crippen LogP contribution in [0.1, 0.15) is 23.2 Å². The molecule has 0 aromatic carbocycles. The number of aromatic nitrogens is 2. The number of hydrogen-bond donors (Lipinski definition) is 4. The van der Waals surface area contributed by atoms with E-state index in [0.717, 1.165) is 6.20 Å². The van der Waals surface area contributed by atoms with Gasteiger partial charge in [-0.05, 0) is 12.8 Å². The average Bonchev–Trinajstić information content (AvgIpc) is 3.08. The summed E-state index contributed by atoms with van der Waals surface area (Å²) in [7, 11) is 0. The molecule has 17 heavy (non-hydrogen) atoms. The van der Waals surface area contributed by atoms with Crippen LogP contribution in [0.25, 0.3) is 0 Å². The molecule has 2 rings (SSSR count). The number of carbonyl (C=O) groups excluding carboxylic acids is 1. The Bertz CT molecular complexity index is 515. The maximum Gasteiger partial charge on any atom is 0.325 e. The Morgan fingerprint density at radius 3 is 2.76 bits per heavy atom. The molecule has 7 nitrogen and oxygen atoms in total. The minimum atomic E-state index is -0.679. The smallest absolute Gasteiger partial charge is 0.325 e. The van der Waals surface area contributed by atoms with Crippen molar-refractivity contribution in [1.82, 2.24) is 20.6 Å². The molecule has 1 amide bonds. The molecule has 1 saturated carbocycles. The summed E-state index contributed by atoms with van der Waals surface area (Å²) in [6.07, 6.45) is 3.49. The second-order valence-corrected chi connectivity index (χ2v) is 3.97. The van der Waals surface area contributed by atoms with Gasteiger partial charge in [-0.25, -0.2) is 4.79 Å². The quantitative estimate of drug-likeness (QED) is 0.470. The van der Waals surface area contributed by atoms with Crippen LogP contribution < -0.4 is 21.9 Å². The molecule has 7 heteroatoms. The number of nitrogens with one attached hydrogen (secondary N) is 4. The van der Waals surface area contributed by atoms with Crippen LogP contribution in [0, 0.1) is 0 Å². The molecule has 0 bridgehead atoms. The van der Waals surface area contributed by atoms with Crippen LogP contribution in [-0.2, 0) is 0 Å². The first kappa shape index (κ1) is 11.6. The molecule has 1 aliphatic carbocycles. The maximum absolute atomic E-state index is 11.6. The van der Waals surface area contributed by atoms with Crippen molar-refractivity contribution in [2.75, 3.05) is 13.1 Å². The lowest BCUT2D eigenvalue weighted by Crippen LogP contribution is -2.37. The van der Waals surface area contributed by atoms with Crippen LogP contribution in [0.15, 0.2) is 15.8 Å². The Morgan fingerprint density at radius 1 is 1.35 bits per heavy atom. The summed E-state index contributed by atoms with van der Waals surface area (Å²) < 4.78 is 0. The van der Waals surface area contributed by atoms with Gasteiger partial charge in [0, 0.05) is 25.3 Å². The number of rotatable bonds is 5. The van der Waals surface area contributed by atoms with E-state index in [1.54, 1.807) is 0 Å². The SMILES string of the molecule is O=C(NCCNC1CC1)c1c[nH]c(=O)[nH]c1=O. The molecule has 1 heterocycles. The Kier molecular flexibility index (Phi) is 3.38. The molecule has 1 aromatic heterocycles. The van der Waals surface area contributed by atoms with Crippen LogP contribution in [0.2, 0.25) is 0 Å². The van der Waals surface area contributed by atoms with E-state index in [1.807, 2.05) is 4.98 Å². The molecule has 1 fully saturated rings. The third kappa shape index (κ3) is 3.28. The third-order valence-corrected chi connectivity index (χ3v) is 2.48. The van der Waals surface area contributed by atoms with E-state index in [9.17, 15) is 14.4 Å².